The Kier molecular flexibility index (Phi) is 6.88. The molecule has 0 atom stereocenters. The highest BCUT2D eigenvalue weighted by molar-refractivity contribution is 6.01. The van der Waals surface area contributed by atoms with Crippen molar-refractivity contribution in [3.8, 4) is 0 Å². The molecule has 1 N–H and O–H groups in total. The van der Waals surface area contributed by atoms with Crippen LogP contribution >= 0.6 is 0 Å². The van der Waals surface area contributed by atoms with E-state index in [2.05, 4.69) is 29.1 Å². The zero-order valence-corrected chi connectivity index (χ0v) is 17.5. The van der Waals surface area contributed by atoms with Crippen LogP contribution in [0.5, 0.6) is 0 Å². The Hall–Kier alpha value is -2.86. The molecule has 6 heteroatoms. The van der Waals surface area contributed by atoms with Gasteiger partial charge >= 0.3 is 0 Å². The third-order valence-electron chi connectivity index (χ3n) is 5.36. The van der Waals surface area contributed by atoms with Crippen molar-refractivity contribution < 1.29 is 9.59 Å². The molecule has 0 radical (unpaired) electrons. The van der Waals surface area contributed by atoms with Crippen molar-refractivity contribution in [1.82, 2.24) is 4.90 Å². The molecule has 1 fully saturated rings. The summed E-state index contributed by atoms with van der Waals surface area (Å²) in [6.07, 6.45) is 0.955. The van der Waals surface area contributed by atoms with Crippen LogP contribution in [0.4, 0.5) is 17.1 Å². The van der Waals surface area contributed by atoms with E-state index in [-0.39, 0.29) is 18.4 Å². The number of amides is 2. The minimum absolute atomic E-state index is 0.0152. The lowest BCUT2D eigenvalue weighted by atomic mass is 10.1. The van der Waals surface area contributed by atoms with Gasteiger partial charge in [-0.1, -0.05) is 19.1 Å². The van der Waals surface area contributed by atoms with Gasteiger partial charge in [0.05, 0.1) is 0 Å². The van der Waals surface area contributed by atoms with Crippen molar-refractivity contribution >= 4 is 28.9 Å². The topological polar surface area (TPSA) is 55.9 Å². The Morgan fingerprint density at radius 3 is 2.14 bits per heavy atom. The van der Waals surface area contributed by atoms with Crippen LogP contribution in [0, 0.1) is 0 Å². The lowest BCUT2D eigenvalue weighted by molar-refractivity contribution is -0.120. The highest BCUT2D eigenvalue weighted by Crippen LogP contribution is 2.22. The zero-order chi connectivity index (χ0) is 20.8. The van der Waals surface area contributed by atoms with Crippen molar-refractivity contribution in [2.24, 2.45) is 0 Å². The first-order chi connectivity index (χ1) is 14.0. The van der Waals surface area contributed by atoms with Crippen LogP contribution in [0.25, 0.3) is 0 Å². The molecule has 0 aromatic heterocycles. The summed E-state index contributed by atoms with van der Waals surface area (Å²) < 4.78 is 0. The minimum Gasteiger partial charge on any atom is -0.369 e. The molecule has 1 heterocycles. The first kappa shape index (κ1) is 20.9. The van der Waals surface area contributed by atoms with Gasteiger partial charge in [0.25, 0.3) is 0 Å². The van der Waals surface area contributed by atoms with Gasteiger partial charge < -0.3 is 20.0 Å². The second-order valence-electron chi connectivity index (χ2n) is 7.51. The molecule has 2 aromatic carbocycles. The van der Waals surface area contributed by atoms with Crippen LogP contribution in [-0.2, 0) is 16.0 Å². The number of nitrogens with one attached hydrogen (secondary N) is 1. The van der Waals surface area contributed by atoms with E-state index in [9.17, 15) is 9.59 Å². The second kappa shape index (κ2) is 9.56. The number of piperazine rings is 1. The molecular weight excluding hydrogens is 364 g/mol. The van der Waals surface area contributed by atoms with Crippen molar-refractivity contribution in [2.75, 3.05) is 54.9 Å². The fourth-order valence-electron chi connectivity index (χ4n) is 3.46. The van der Waals surface area contributed by atoms with E-state index in [4.69, 9.17) is 0 Å². The normalized spacial score (nSPS) is 14.5. The average Bonchev–Trinajstić information content (AvgIpc) is 2.73. The van der Waals surface area contributed by atoms with Gasteiger partial charge in [0.2, 0.25) is 11.8 Å². The van der Waals surface area contributed by atoms with Crippen LogP contribution in [-0.4, -0.2) is 56.5 Å². The van der Waals surface area contributed by atoms with Crippen molar-refractivity contribution in [3.63, 3.8) is 0 Å². The molecule has 0 bridgehead atoms. The van der Waals surface area contributed by atoms with E-state index >= 15 is 0 Å². The zero-order valence-electron chi connectivity index (χ0n) is 17.5. The summed E-state index contributed by atoms with van der Waals surface area (Å²) in [6, 6.07) is 15.6. The summed E-state index contributed by atoms with van der Waals surface area (Å²) in [5.41, 5.74) is 3.83. The molecule has 1 aliphatic rings. The van der Waals surface area contributed by atoms with Gasteiger partial charge in [-0.25, -0.2) is 0 Å². The van der Waals surface area contributed by atoms with E-state index in [0.717, 1.165) is 49.7 Å². The molecule has 2 amide bonds. The molecule has 0 saturated carbocycles. The van der Waals surface area contributed by atoms with Gasteiger partial charge in [0.1, 0.15) is 6.54 Å². The third kappa shape index (κ3) is 5.57. The molecule has 154 valence electrons. The number of benzene rings is 2. The highest BCUT2D eigenvalue weighted by Gasteiger charge is 2.18. The summed E-state index contributed by atoms with van der Waals surface area (Å²) in [5.74, 6) is -0.374. The smallest absolute Gasteiger partial charge is 0.244 e. The Morgan fingerprint density at radius 2 is 1.59 bits per heavy atom. The summed E-state index contributed by atoms with van der Waals surface area (Å²) in [7, 11) is 2.13. The predicted molar refractivity (Wildman–Crippen MR) is 119 cm³/mol. The number of carbonyl (C=O) groups is 2. The molecule has 3 rings (SSSR count). The standard InChI is InChI=1S/C23H30N4O2/c1-4-19-5-7-20(8-6-19)24-23(29)17-27(18(2)28)22-11-9-21(10-12-22)26-15-13-25(3)14-16-26/h5-12H,4,13-17H2,1-3H3,(H,24,29). The molecule has 0 aliphatic carbocycles. The van der Waals surface area contributed by atoms with Gasteiger partial charge in [-0.3, -0.25) is 9.59 Å². The Balaban J connectivity index is 1.64. The highest BCUT2D eigenvalue weighted by atomic mass is 16.2. The molecule has 1 aliphatic heterocycles. The van der Waals surface area contributed by atoms with E-state index in [1.165, 1.54) is 17.4 Å². The second-order valence-corrected chi connectivity index (χ2v) is 7.51. The fraction of sp³-hybridized carbons (Fsp3) is 0.391. The Morgan fingerprint density at radius 1 is 0.966 bits per heavy atom. The quantitative estimate of drug-likeness (QED) is 0.818. The molecular formula is C23H30N4O2. The number of likely N-dealkylation sites (N-methyl/N-ethyl adjacent to an activating group) is 1. The van der Waals surface area contributed by atoms with E-state index < -0.39 is 0 Å². The number of rotatable bonds is 6. The third-order valence-corrected chi connectivity index (χ3v) is 5.36. The number of hydrogen-bond donors (Lipinski definition) is 1. The molecule has 0 unspecified atom stereocenters. The van der Waals surface area contributed by atoms with Gasteiger partial charge in [-0.2, -0.15) is 0 Å². The van der Waals surface area contributed by atoms with Crippen LogP contribution in [0.3, 0.4) is 0 Å². The molecule has 29 heavy (non-hydrogen) atoms. The van der Waals surface area contributed by atoms with Gasteiger partial charge in [0.15, 0.2) is 0 Å². The fourth-order valence-corrected chi connectivity index (χ4v) is 3.46. The summed E-state index contributed by atoms with van der Waals surface area (Å²) in [5, 5.41) is 2.87. The van der Waals surface area contributed by atoms with Crippen LogP contribution in [0.15, 0.2) is 48.5 Å². The van der Waals surface area contributed by atoms with Crippen LogP contribution < -0.4 is 15.1 Å². The monoisotopic (exact) mass is 394 g/mol. The SMILES string of the molecule is CCc1ccc(NC(=O)CN(C(C)=O)c2ccc(N3CCN(C)CC3)cc2)cc1. The first-order valence-corrected chi connectivity index (χ1v) is 10.2. The molecule has 0 spiro atoms. The van der Waals surface area contributed by atoms with Gasteiger partial charge in [-0.15, -0.1) is 0 Å². The van der Waals surface area contributed by atoms with E-state index in [0.29, 0.717) is 0 Å². The largest absolute Gasteiger partial charge is 0.369 e. The summed E-state index contributed by atoms with van der Waals surface area (Å²) in [4.78, 5) is 30.8. The van der Waals surface area contributed by atoms with Crippen molar-refractivity contribution in [3.05, 3.63) is 54.1 Å². The minimum atomic E-state index is -0.215. The lowest BCUT2D eigenvalue weighted by Gasteiger charge is -2.34. The molecule has 6 nitrogen and oxygen atoms in total. The molecule has 2 aromatic rings. The number of hydrogen-bond acceptors (Lipinski definition) is 4. The van der Waals surface area contributed by atoms with Crippen LogP contribution in [0.2, 0.25) is 0 Å². The maximum absolute atomic E-state index is 12.5. The molecule has 1 saturated heterocycles. The first-order valence-electron chi connectivity index (χ1n) is 10.2. The van der Waals surface area contributed by atoms with E-state index in [1.54, 1.807) is 0 Å². The Bertz CT molecular complexity index is 825. The number of aryl methyl sites for hydroxylation is 1. The maximum Gasteiger partial charge on any atom is 0.244 e. The lowest BCUT2D eigenvalue weighted by Crippen LogP contribution is -2.44. The van der Waals surface area contributed by atoms with Crippen LogP contribution in [0.1, 0.15) is 19.4 Å². The number of nitrogens with zero attached hydrogens (tertiary/aromatic N) is 3. The number of carbonyl (C=O) groups excluding carboxylic acids is 2. The van der Waals surface area contributed by atoms with Gasteiger partial charge in [-0.05, 0) is 55.4 Å². The number of anilines is 3. The van der Waals surface area contributed by atoms with E-state index in [1.807, 2.05) is 48.5 Å². The average molecular weight is 395 g/mol. The summed E-state index contributed by atoms with van der Waals surface area (Å²) >= 11 is 0. The van der Waals surface area contributed by atoms with Crippen molar-refractivity contribution in [1.29, 1.82) is 0 Å². The maximum atomic E-state index is 12.5. The predicted octanol–water partition coefficient (Wildman–Crippen LogP) is 2.99. The van der Waals surface area contributed by atoms with Gasteiger partial charge in [0, 0.05) is 50.2 Å². The van der Waals surface area contributed by atoms with Crippen molar-refractivity contribution in [2.45, 2.75) is 20.3 Å². The summed E-state index contributed by atoms with van der Waals surface area (Å²) in [6.45, 7) is 7.63. The Labute approximate surface area is 173 Å².